The summed E-state index contributed by atoms with van der Waals surface area (Å²) in [5.74, 6) is -0.155. The largest absolute Gasteiger partial charge is 0.383 e. The molecular weight excluding hydrogens is 315 g/mol. The number of carbonyl (C=O) groups excluding carboxylic acids is 1. The van der Waals surface area contributed by atoms with Crippen molar-refractivity contribution < 1.29 is 9.53 Å². The molecule has 8 heteroatoms. The maximum Gasteiger partial charge on any atom is 0.271 e. The van der Waals surface area contributed by atoms with Crippen molar-refractivity contribution in [3.63, 3.8) is 0 Å². The number of rotatable bonds is 7. The lowest BCUT2D eigenvalue weighted by Gasteiger charge is -2.04. The van der Waals surface area contributed by atoms with E-state index in [-0.39, 0.29) is 30.7 Å². The summed E-state index contributed by atoms with van der Waals surface area (Å²) in [6.07, 6.45) is 3.59. The Morgan fingerprint density at radius 1 is 1.29 bits per heavy atom. The molecule has 6 nitrogen and oxygen atoms in total. The van der Waals surface area contributed by atoms with Gasteiger partial charge in [0.1, 0.15) is 11.3 Å². The fourth-order valence-electron chi connectivity index (χ4n) is 1.70. The molecule has 0 aliphatic carbocycles. The zero-order chi connectivity index (χ0) is 13.5. The molecule has 2 rings (SSSR count). The van der Waals surface area contributed by atoms with Gasteiger partial charge in [-0.05, 0) is 12.1 Å². The van der Waals surface area contributed by atoms with Gasteiger partial charge in [-0.2, -0.15) is 0 Å². The van der Waals surface area contributed by atoms with Gasteiger partial charge in [-0.15, -0.1) is 24.8 Å². The third-order valence-corrected chi connectivity index (χ3v) is 2.67. The number of ether oxygens (including phenoxy) is 1. The Morgan fingerprint density at radius 2 is 2.10 bits per heavy atom. The van der Waals surface area contributed by atoms with Crippen LogP contribution in [0, 0.1) is 0 Å². The standard InChI is InChI=1S/C13H18N4O2.2ClH/c1-19-9-7-14-5-6-15-13(18)11-10-17-8-3-2-4-12(17)16-11;;/h2-4,8,10,14H,5-7,9H2,1H3,(H,15,18);2*1H. The van der Waals surface area contributed by atoms with Gasteiger partial charge >= 0.3 is 0 Å². The summed E-state index contributed by atoms with van der Waals surface area (Å²) in [5, 5.41) is 5.97. The van der Waals surface area contributed by atoms with Crippen molar-refractivity contribution in [3.05, 3.63) is 36.3 Å². The number of fused-ring (bicyclic) bond motifs is 1. The van der Waals surface area contributed by atoms with Crippen molar-refractivity contribution in [2.45, 2.75) is 0 Å². The number of hydrogen-bond acceptors (Lipinski definition) is 4. The Balaban J connectivity index is 0.00000200. The molecule has 0 radical (unpaired) electrons. The van der Waals surface area contributed by atoms with Crippen molar-refractivity contribution in [2.24, 2.45) is 0 Å². The van der Waals surface area contributed by atoms with Crippen LogP contribution >= 0.6 is 24.8 Å². The summed E-state index contributed by atoms with van der Waals surface area (Å²) in [6.45, 7) is 2.72. The van der Waals surface area contributed by atoms with Gasteiger partial charge in [0, 0.05) is 39.1 Å². The first-order chi connectivity index (χ1) is 9.31. The van der Waals surface area contributed by atoms with E-state index in [1.54, 1.807) is 13.3 Å². The Morgan fingerprint density at radius 3 is 2.81 bits per heavy atom. The van der Waals surface area contributed by atoms with Crippen LogP contribution in [0.1, 0.15) is 10.5 Å². The van der Waals surface area contributed by atoms with Gasteiger partial charge < -0.3 is 19.8 Å². The number of carbonyl (C=O) groups is 1. The second-order valence-electron chi connectivity index (χ2n) is 4.09. The number of aromatic nitrogens is 2. The van der Waals surface area contributed by atoms with Crippen LogP contribution < -0.4 is 10.6 Å². The third kappa shape index (κ3) is 5.89. The average Bonchev–Trinajstić information content (AvgIpc) is 2.86. The molecular formula is C13H20Cl2N4O2. The highest BCUT2D eigenvalue weighted by molar-refractivity contribution is 5.92. The van der Waals surface area contributed by atoms with Crippen molar-refractivity contribution in [3.8, 4) is 0 Å². The molecule has 1 amide bonds. The van der Waals surface area contributed by atoms with Crippen LogP contribution in [0.2, 0.25) is 0 Å². The number of pyridine rings is 1. The van der Waals surface area contributed by atoms with Crippen LogP contribution in [0.3, 0.4) is 0 Å². The van der Waals surface area contributed by atoms with E-state index in [0.29, 0.717) is 25.4 Å². The Labute approximate surface area is 136 Å². The first kappa shape index (κ1) is 19.7. The lowest BCUT2D eigenvalue weighted by atomic mass is 10.4. The van der Waals surface area contributed by atoms with Crippen LogP contribution in [0.5, 0.6) is 0 Å². The first-order valence-corrected chi connectivity index (χ1v) is 6.23. The fraction of sp³-hybridized carbons (Fsp3) is 0.385. The number of imidazole rings is 1. The number of halogens is 2. The maximum atomic E-state index is 11.9. The van der Waals surface area contributed by atoms with Crippen LogP contribution in [-0.4, -0.2) is 48.6 Å². The van der Waals surface area contributed by atoms with E-state index in [1.807, 2.05) is 28.8 Å². The van der Waals surface area contributed by atoms with Gasteiger partial charge in [0.15, 0.2) is 0 Å². The van der Waals surface area contributed by atoms with Crippen LogP contribution in [0.25, 0.3) is 5.65 Å². The van der Waals surface area contributed by atoms with Crippen LogP contribution in [-0.2, 0) is 4.74 Å². The lowest BCUT2D eigenvalue weighted by Crippen LogP contribution is -2.33. The minimum Gasteiger partial charge on any atom is -0.383 e. The van der Waals surface area contributed by atoms with Gasteiger partial charge in [-0.3, -0.25) is 4.79 Å². The number of nitrogens with one attached hydrogen (secondary N) is 2. The molecule has 2 aromatic rings. The average molecular weight is 335 g/mol. The summed E-state index contributed by atoms with van der Waals surface area (Å²) in [4.78, 5) is 16.1. The van der Waals surface area contributed by atoms with E-state index < -0.39 is 0 Å². The van der Waals surface area contributed by atoms with Crippen LogP contribution in [0.4, 0.5) is 0 Å². The predicted octanol–water partition coefficient (Wildman–Crippen LogP) is 1.14. The van der Waals surface area contributed by atoms with Crippen LogP contribution in [0.15, 0.2) is 30.6 Å². The second-order valence-corrected chi connectivity index (χ2v) is 4.09. The zero-order valence-electron chi connectivity index (χ0n) is 11.7. The maximum absolute atomic E-state index is 11.9. The molecule has 0 bridgehead atoms. The van der Waals surface area contributed by atoms with E-state index >= 15 is 0 Å². The second kappa shape index (κ2) is 10.4. The molecule has 118 valence electrons. The van der Waals surface area contributed by atoms with E-state index in [0.717, 1.165) is 12.2 Å². The van der Waals surface area contributed by atoms with E-state index in [1.165, 1.54) is 0 Å². The molecule has 21 heavy (non-hydrogen) atoms. The number of methoxy groups -OCH3 is 1. The summed E-state index contributed by atoms with van der Waals surface area (Å²) < 4.78 is 6.74. The first-order valence-electron chi connectivity index (χ1n) is 6.23. The van der Waals surface area contributed by atoms with E-state index in [4.69, 9.17) is 4.74 Å². The highest BCUT2D eigenvalue weighted by atomic mass is 35.5. The molecule has 2 N–H and O–H groups in total. The molecule has 2 aromatic heterocycles. The van der Waals surface area contributed by atoms with E-state index in [9.17, 15) is 4.79 Å². The normalized spacial score (nSPS) is 9.76. The highest BCUT2D eigenvalue weighted by Gasteiger charge is 2.09. The van der Waals surface area contributed by atoms with Crippen molar-refractivity contribution in [2.75, 3.05) is 33.4 Å². The number of hydrogen-bond donors (Lipinski definition) is 2. The molecule has 2 heterocycles. The molecule has 0 aromatic carbocycles. The van der Waals surface area contributed by atoms with E-state index in [2.05, 4.69) is 15.6 Å². The summed E-state index contributed by atoms with van der Waals surface area (Å²) in [5.41, 5.74) is 1.20. The smallest absolute Gasteiger partial charge is 0.271 e. The van der Waals surface area contributed by atoms with Crippen molar-refractivity contribution >= 4 is 36.4 Å². The van der Waals surface area contributed by atoms with Gasteiger partial charge in [0.25, 0.3) is 5.91 Å². The minimum atomic E-state index is -0.155. The van der Waals surface area contributed by atoms with Crippen molar-refractivity contribution in [1.82, 2.24) is 20.0 Å². The third-order valence-electron chi connectivity index (χ3n) is 2.67. The zero-order valence-corrected chi connectivity index (χ0v) is 13.4. The van der Waals surface area contributed by atoms with Gasteiger partial charge in [-0.1, -0.05) is 6.07 Å². The topological polar surface area (TPSA) is 67.7 Å². The molecule has 0 saturated carbocycles. The molecule has 0 fully saturated rings. The molecule has 0 saturated heterocycles. The summed E-state index contributed by atoms with van der Waals surface area (Å²) in [6, 6.07) is 5.66. The van der Waals surface area contributed by atoms with Gasteiger partial charge in [0.2, 0.25) is 0 Å². The minimum absolute atomic E-state index is 0. The predicted molar refractivity (Wildman–Crippen MR) is 86.8 cm³/mol. The SMILES string of the molecule is COCCNCCNC(=O)c1cn2ccccc2n1.Cl.Cl. The number of nitrogens with zero attached hydrogens (tertiary/aromatic N) is 2. The Hall–Kier alpha value is -1.34. The number of amides is 1. The van der Waals surface area contributed by atoms with Crippen molar-refractivity contribution in [1.29, 1.82) is 0 Å². The molecule has 0 spiro atoms. The summed E-state index contributed by atoms with van der Waals surface area (Å²) in [7, 11) is 1.66. The van der Waals surface area contributed by atoms with Gasteiger partial charge in [0.05, 0.1) is 6.61 Å². The highest BCUT2D eigenvalue weighted by Crippen LogP contribution is 2.03. The quantitative estimate of drug-likeness (QED) is 0.745. The monoisotopic (exact) mass is 334 g/mol. The molecule has 0 atom stereocenters. The Bertz CT molecular complexity index is 515. The lowest BCUT2D eigenvalue weighted by molar-refractivity contribution is 0.0949. The molecule has 0 unspecified atom stereocenters. The summed E-state index contributed by atoms with van der Waals surface area (Å²) >= 11 is 0. The molecule has 0 aliphatic rings. The molecule has 0 aliphatic heterocycles. The Kier molecular flexibility index (Phi) is 9.73. The fourth-order valence-corrected chi connectivity index (χ4v) is 1.70. The van der Waals surface area contributed by atoms with Gasteiger partial charge in [-0.25, -0.2) is 4.98 Å².